The zero-order chi connectivity index (χ0) is 24.6. The molecule has 8 nitrogen and oxygen atoms in total. The molecule has 0 amide bonds. The largest absolute Gasteiger partial charge is 0.396 e. The van der Waals surface area contributed by atoms with Crippen LogP contribution in [0.2, 0.25) is 20.1 Å². The molecular formula is C22H10Cl4N4O4. The standard InChI is InChI=1S/C22H10Cl4N4O4/c23-13-1-7(2-14(24)17(13)27)29-19(31)9-5-11-12(6-10(9)20(29)32)22(34)30(21(11)33)8-3-15(25)18(28)16(26)4-8/h1-6H,27-28H2. The predicted octanol–water partition coefficient (Wildman–Crippen LogP) is 3.67. The van der Waals surface area contributed by atoms with E-state index >= 15 is 0 Å². The number of benzene rings is 3. The number of nitrogen functional groups attached to an aromatic ring is 2. The molecule has 0 aliphatic carbocycles. The Bertz CT molecular complexity index is 1660. The molecule has 0 saturated heterocycles. The molecule has 0 saturated carbocycles. The van der Waals surface area contributed by atoms with Crippen LogP contribution in [0.15, 0.2) is 55.6 Å². The molecule has 4 N–H and O–H groups in total. The van der Waals surface area contributed by atoms with E-state index in [1.54, 1.807) is 0 Å². The molecular weight excluding hydrogens is 526 g/mol. The van der Waals surface area contributed by atoms with Crippen molar-refractivity contribution in [3.63, 3.8) is 0 Å². The van der Waals surface area contributed by atoms with E-state index in [1.807, 2.05) is 0 Å². The summed E-state index contributed by atoms with van der Waals surface area (Å²) in [5.74, 6) is 0. The molecule has 0 aliphatic heterocycles. The molecule has 0 aliphatic rings. The molecule has 0 fully saturated rings. The fraction of sp³-hybridized carbons (Fsp3) is 0. The first-order valence-electron chi connectivity index (χ1n) is 9.46. The number of aromatic nitrogens is 2. The van der Waals surface area contributed by atoms with Gasteiger partial charge in [-0.2, -0.15) is 0 Å². The molecule has 0 bridgehead atoms. The van der Waals surface area contributed by atoms with Crippen molar-refractivity contribution in [2.45, 2.75) is 0 Å². The minimum absolute atomic E-state index is 0.0517. The Kier molecular flexibility index (Phi) is 5.03. The average molecular weight is 536 g/mol. The Hall–Kier alpha value is -3.30. The van der Waals surface area contributed by atoms with Crippen molar-refractivity contribution in [2.75, 3.05) is 11.5 Å². The lowest BCUT2D eigenvalue weighted by Gasteiger charge is -2.06. The van der Waals surface area contributed by atoms with Crippen LogP contribution in [-0.2, 0) is 0 Å². The van der Waals surface area contributed by atoms with Crippen molar-refractivity contribution in [1.82, 2.24) is 9.13 Å². The fourth-order valence-corrected chi connectivity index (χ4v) is 4.79. The van der Waals surface area contributed by atoms with Crippen molar-refractivity contribution in [3.05, 3.63) is 97.9 Å². The lowest BCUT2D eigenvalue weighted by molar-refractivity contribution is 0.988. The van der Waals surface area contributed by atoms with E-state index in [2.05, 4.69) is 0 Å². The van der Waals surface area contributed by atoms with E-state index in [9.17, 15) is 19.2 Å². The second-order valence-corrected chi connectivity index (χ2v) is 9.11. The SMILES string of the molecule is Nc1c(Cl)cc(-n2c(=O)c3cc4c(=O)n(-c5cc(Cl)c(N)c(Cl)c5)c(=O)c4cc3c2=O)cc1Cl. The zero-order valence-electron chi connectivity index (χ0n) is 16.7. The van der Waals surface area contributed by atoms with Crippen LogP contribution in [0, 0.1) is 0 Å². The summed E-state index contributed by atoms with van der Waals surface area (Å²) in [7, 11) is 0. The lowest BCUT2D eigenvalue weighted by atomic mass is 10.1. The van der Waals surface area contributed by atoms with Gasteiger partial charge in [0.25, 0.3) is 22.2 Å². The summed E-state index contributed by atoms with van der Waals surface area (Å²) in [6, 6.07) is 7.73. The molecule has 0 unspecified atom stereocenters. The van der Waals surface area contributed by atoms with Gasteiger partial charge in [-0.25, -0.2) is 9.13 Å². The first kappa shape index (κ1) is 22.5. The van der Waals surface area contributed by atoms with Crippen molar-refractivity contribution in [1.29, 1.82) is 0 Å². The highest BCUT2D eigenvalue weighted by Gasteiger charge is 2.22. The second kappa shape index (κ2) is 7.61. The zero-order valence-corrected chi connectivity index (χ0v) is 19.7. The molecule has 12 heteroatoms. The number of anilines is 2. The minimum Gasteiger partial charge on any atom is -0.396 e. The van der Waals surface area contributed by atoms with Gasteiger partial charge in [0.1, 0.15) is 0 Å². The van der Waals surface area contributed by atoms with Crippen LogP contribution in [0.4, 0.5) is 11.4 Å². The quantitative estimate of drug-likeness (QED) is 0.332. The van der Waals surface area contributed by atoms with Gasteiger partial charge in [-0.05, 0) is 36.4 Å². The molecule has 34 heavy (non-hydrogen) atoms. The first-order valence-corrected chi connectivity index (χ1v) is 11.0. The number of hydrogen-bond acceptors (Lipinski definition) is 6. The van der Waals surface area contributed by atoms with E-state index in [0.717, 1.165) is 9.13 Å². The van der Waals surface area contributed by atoms with E-state index < -0.39 is 22.2 Å². The first-order chi connectivity index (χ1) is 16.0. The summed E-state index contributed by atoms with van der Waals surface area (Å²) in [5.41, 5.74) is 9.01. The minimum atomic E-state index is -0.711. The van der Waals surface area contributed by atoms with Crippen LogP contribution in [0.25, 0.3) is 32.9 Å². The lowest BCUT2D eigenvalue weighted by Crippen LogP contribution is -2.24. The average Bonchev–Trinajstić information content (AvgIpc) is 3.18. The van der Waals surface area contributed by atoms with Gasteiger partial charge in [-0.15, -0.1) is 0 Å². The molecule has 0 atom stereocenters. The van der Waals surface area contributed by atoms with Gasteiger partial charge >= 0.3 is 0 Å². The highest BCUT2D eigenvalue weighted by atomic mass is 35.5. The Morgan fingerprint density at radius 1 is 0.471 bits per heavy atom. The normalized spacial score (nSPS) is 11.6. The summed E-state index contributed by atoms with van der Waals surface area (Å²) in [5, 5.41) is 0.0280. The monoisotopic (exact) mass is 534 g/mol. The molecule has 0 radical (unpaired) electrons. The van der Waals surface area contributed by atoms with Crippen molar-refractivity contribution in [2.24, 2.45) is 0 Å². The molecule has 170 valence electrons. The smallest absolute Gasteiger partial charge is 0.266 e. The van der Waals surface area contributed by atoms with Gasteiger partial charge < -0.3 is 11.5 Å². The van der Waals surface area contributed by atoms with Crippen LogP contribution >= 0.6 is 46.4 Å². The molecule has 2 heterocycles. The third kappa shape index (κ3) is 3.07. The maximum Gasteiger partial charge on any atom is 0.266 e. The van der Waals surface area contributed by atoms with E-state index in [1.165, 1.54) is 36.4 Å². The van der Waals surface area contributed by atoms with Crippen LogP contribution in [-0.4, -0.2) is 9.13 Å². The summed E-state index contributed by atoms with van der Waals surface area (Å²) < 4.78 is 1.70. The van der Waals surface area contributed by atoms with Crippen LogP contribution in [0.5, 0.6) is 0 Å². The van der Waals surface area contributed by atoms with Gasteiger partial charge in [0.15, 0.2) is 0 Å². The highest BCUT2D eigenvalue weighted by molar-refractivity contribution is 6.39. The van der Waals surface area contributed by atoms with E-state index in [0.29, 0.717) is 0 Å². The molecule has 5 aromatic rings. The van der Waals surface area contributed by atoms with Gasteiger partial charge in [0.05, 0.1) is 64.4 Å². The number of rotatable bonds is 2. The van der Waals surface area contributed by atoms with Crippen molar-refractivity contribution < 1.29 is 0 Å². The molecule has 3 aromatic carbocycles. The van der Waals surface area contributed by atoms with Crippen molar-refractivity contribution >= 4 is 79.3 Å². The number of nitrogens with zero attached hydrogens (tertiary/aromatic N) is 2. The summed E-state index contributed by atoms with van der Waals surface area (Å²) >= 11 is 24.2. The molecule has 0 spiro atoms. The fourth-order valence-electron chi connectivity index (χ4n) is 3.84. The third-order valence-corrected chi connectivity index (χ3v) is 6.79. The number of halogens is 4. The maximum absolute atomic E-state index is 13.1. The Morgan fingerprint density at radius 3 is 0.941 bits per heavy atom. The number of hydrogen-bond donors (Lipinski definition) is 2. The number of fused-ring (bicyclic) bond motifs is 2. The number of nitrogens with two attached hydrogens (primary N) is 2. The summed E-state index contributed by atoms with van der Waals surface area (Å²) in [6.45, 7) is 0. The highest BCUT2D eigenvalue weighted by Crippen LogP contribution is 2.31. The van der Waals surface area contributed by atoms with E-state index in [4.69, 9.17) is 57.9 Å². The van der Waals surface area contributed by atoms with Crippen molar-refractivity contribution in [3.8, 4) is 11.4 Å². The second-order valence-electron chi connectivity index (χ2n) is 7.48. The van der Waals surface area contributed by atoms with Crippen LogP contribution in [0.3, 0.4) is 0 Å². The predicted molar refractivity (Wildman–Crippen MR) is 136 cm³/mol. The molecule has 2 aromatic heterocycles. The maximum atomic E-state index is 13.1. The van der Waals surface area contributed by atoms with Gasteiger partial charge in [-0.1, -0.05) is 46.4 Å². The topological polar surface area (TPSA) is 130 Å². The Morgan fingerprint density at radius 2 is 0.706 bits per heavy atom. The molecule has 5 rings (SSSR count). The Labute approximate surface area is 208 Å². The third-order valence-electron chi connectivity index (χ3n) is 5.54. The van der Waals surface area contributed by atoms with Gasteiger partial charge in [0, 0.05) is 0 Å². The van der Waals surface area contributed by atoms with E-state index in [-0.39, 0.29) is 64.4 Å². The van der Waals surface area contributed by atoms with Crippen LogP contribution in [0.1, 0.15) is 0 Å². The summed E-state index contributed by atoms with van der Waals surface area (Å²) in [6.07, 6.45) is 0. The van der Waals surface area contributed by atoms with Gasteiger partial charge in [0.2, 0.25) is 0 Å². The van der Waals surface area contributed by atoms with Gasteiger partial charge in [-0.3, -0.25) is 19.2 Å². The summed E-state index contributed by atoms with van der Waals surface area (Å²) in [4.78, 5) is 52.4. The van der Waals surface area contributed by atoms with Crippen LogP contribution < -0.4 is 33.7 Å². The Balaban J connectivity index is 1.83.